The number of rotatable bonds is 10. The van der Waals surface area contributed by atoms with Crippen molar-refractivity contribution in [3.8, 4) is 0 Å². The van der Waals surface area contributed by atoms with E-state index in [0.717, 1.165) is 23.4 Å². The molecule has 0 heterocycles. The molecule has 2 N–H and O–H groups in total. The minimum atomic E-state index is -1.32. The molecule has 9 heteroatoms. The van der Waals surface area contributed by atoms with Crippen LogP contribution in [0.15, 0.2) is 84.9 Å². The average Bonchev–Trinajstić information content (AvgIpc) is 3.55. The Labute approximate surface area is 276 Å². The van der Waals surface area contributed by atoms with Gasteiger partial charge in [0.05, 0.1) is 10.9 Å². The van der Waals surface area contributed by atoms with Crippen molar-refractivity contribution in [2.24, 2.45) is 5.92 Å². The molecule has 0 aliphatic heterocycles. The molecule has 4 nitrogen and oxygen atoms in total. The fourth-order valence-corrected chi connectivity index (χ4v) is 6.90. The van der Waals surface area contributed by atoms with Crippen molar-refractivity contribution in [3.05, 3.63) is 128 Å². The van der Waals surface area contributed by atoms with Crippen molar-refractivity contribution >= 4 is 81.1 Å². The number of anilines is 2. The Hall–Kier alpha value is -2.73. The van der Waals surface area contributed by atoms with E-state index in [2.05, 4.69) is 29.7 Å². The predicted octanol–water partition coefficient (Wildman–Crippen LogP) is 10.1. The van der Waals surface area contributed by atoms with E-state index in [-0.39, 0.29) is 18.1 Å². The van der Waals surface area contributed by atoms with E-state index in [4.69, 9.17) is 58.0 Å². The molecule has 0 radical (unpaired) electrons. The third kappa shape index (κ3) is 7.33. The van der Waals surface area contributed by atoms with Crippen molar-refractivity contribution in [3.63, 3.8) is 0 Å². The van der Waals surface area contributed by atoms with Gasteiger partial charge in [-0.3, -0.25) is 9.59 Å². The minimum Gasteiger partial charge on any atom is -0.384 e. The number of carbonyl (C=O) groups excluding carboxylic acids is 2. The molecule has 1 fully saturated rings. The van der Waals surface area contributed by atoms with E-state index < -0.39 is 16.2 Å². The summed E-state index contributed by atoms with van der Waals surface area (Å²) in [7, 11) is 0. The Bertz CT molecular complexity index is 1650. The van der Waals surface area contributed by atoms with Gasteiger partial charge in [-0.05, 0) is 83.6 Å². The van der Waals surface area contributed by atoms with Gasteiger partial charge in [0, 0.05) is 45.9 Å². The molecule has 3 atom stereocenters. The number of carbonyl (C=O) groups is 2. The summed E-state index contributed by atoms with van der Waals surface area (Å²) < 4.78 is -1.32. The number of halogens is 5. The molecule has 0 saturated heterocycles. The Kier molecular flexibility index (Phi) is 9.65. The topological polar surface area (TPSA) is 58.2 Å². The SMILES string of the molecule is Cc1cc(NCC(C)c2ccccc2)ccc1CC(=O)c1cc(NC(=O)C2C(c3cc(Cl)cc(Cl)c3)C2(Cl)Cl)ccc1Cl. The standard InChI is InChI=1S/C34H29Cl5N2O2/c1-19-12-26(40-18-20(2)21-6-4-3-5-7-21)9-8-22(19)15-30(42)28-17-27(10-11-29(28)37)41-33(43)32-31(34(32,38)39)23-13-24(35)16-25(36)14-23/h3-14,16-17,20,31-32,40H,15,18H2,1-2H3,(H,41,43). The molecule has 1 amide bonds. The van der Waals surface area contributed by atoms with E-state index >= 15 is 0 Å². The van der Waals surface area contributed by atoms with Crippen LogP contribution < -0.4 is 10.6 Å². The van der Waals surface area contributed by atoms with Crippen LogP contribution in [0.1, 0.15) is 51.4 Å². The fraction of sp³-hybridized carbons (Fsp3) is 0.235. The lowest BCUT2D eigenvalue weighted by Crippen LogP contribution is -2.17. The summed E-state index contributed by atoms with van der Waals surface area (Å²) in [6, 6.07) is 26.1. The highest BCUT2D eigenvalue weighted by Gasteiger charge is 2.67. The third-order valence-electron chi connectivity index (χ3n) is 7.79. The maximum absolute atomic E-state index is 13.4. The van der Waals surface area contributed by atoms with Crippen molar-refractivity contribution in [2.75, 3.05) is 17.2 Å². The monoisotopic (exact) mass is 672 g/mol. The first-order valence-electron chi connectivity index (χ1n) is 13.8. The number of amides is 1. The van der Waals surface area contributed by atoms with E-state index in [1.165, 1.54) is 5.56 Å². The summed E-state index contributed by atoms with van der Waals surface area (Å²) in [4.78, 5) is 26.5. The molecule has 222 valence electrons. The van der Waals surface area contributed by atoms with Gasteiger partial charge in [0.1, 0.15) is 4.33 Å². The molecule has 0 spiro atoms. The van der Waals surface area contributed by atoms with Gasteiger partial charge in [-0.1, -0.05) is 78.1 Å². The zero-order valence-corrected chi connectivity index (χ0v) is 27.2. The second-order valence-electron chi connectivity index (χ2n) is 11.0. The van der Waals surface area contributed by atoms with Crippen LogP contribution in [0.25, 0.3) is 0 Å². The van der Waals surface area contributed by atoms with Crippen molar-refractivity contribution < 1.29 is 9.59 Å². The maximum atomic E-state index is 13.4. The normalized spacial score (nSPS) is 17.7. The number of alkyl halides is 2. The van der Waals surface area contributed by atoms with E-state index in [1.54, 1.807) is 36.4 Å². The zero-order chi connectivity index (χ0) is 30.9. The van der Waals surface area contributed by atoms with Gasteiger partial charge >= 0.3 is 0 Å². The van der Waals surface area contributed by atoms with Crippen molar-refractivity contribution in [2.45, 2.75) is 36.4 Å². The summed E-state index contributed by atoms with van der Waals surface area (Å²) >= 11 is 31.7. The van der Waals surface area contributed by atoms with Crippen molar-refractivity contribution in [1.29, 1.82) is 0 Å². The molecule has 43 heavy (non-hydrogen) atoms. The molecule has 1 aliphatic rings. The van der Waals surface area contributed by atoms with E-state index in [0.29, 0.717) is 37.8 Å². The van der Waals surface area contributed by atoms with Gasteiger partial charge in [-0.2, -0.15) is 0 Å². The molecular weight excluding hydrogens is 646 g/mol. The highest BCUT2D eigenvalue weighted by atomic mass is 35.5. The first kappa shape index (κ1) is 31.7. The molecule has 5 rings (SSSR count). The average molecular weight is 675 g/mol. The molecule has 4 aromatic rings. The second-order valence-corrected chi connectivity index (χ2v) is 13.7. The van der Waals surface area contributed by atoms with E-state index in [9.17, 15) is 9.59 Å². The van der Waals surface area contributed by atoms with Crippen LogP contribution in [0.3, 0.4) is 0 Å². The van der Waals surface area contributed by atoms with Gasteiger partial charge in [-0.25, -0.2) is 0 Å². The van der Waals surface area contributed by atoms with Gasteiger partial charge < -0.3 is 10.6 Å². The Morgan fingerprint density at radius 1 is 0.860 bits per heavy atom. The van der Waals surface area contributed by atoms with E-state index in [1.807, 2.05) is 43.3 Å². The number of hydrogen-bond acceptors (Lipinski definition) is 3. The molecule has 1 aliphatic carbocycles. The summed E-state index contributed by atoms with van der Waals surface area (Å²) in [5.74, 6) is -1.41. The Balaban J connectivity index is 1.23. The number of aryl methyl sites for hydroxylation is 1. The summed E-state index contributed by atoms with van der Waals surface area (Å²) in [5.41, 5.74) is 5.57. The van der Waals surface area contributed by atoms with Gasteiger partial charge in [0.15, 0.2) is 5.78 Å². The Morgan fingerprint density at radius 2 is 1.53 bits per heavy atom. The van der Waals surface area contributed by atoms with Gasteiger partial charge in [0.2, 0.25) is 5.91 Å². The molecule has 3 unspecified atom stereocenters. The minimum absolute atomic E-state index is 0.162. The highest BCUT2D eigenvalue weighted by molar-refractivity contribution is 6.53. The van der Waals surface area contributed by atoms with Crippen LogP contribution in [0.5, 0.6) is 0 Å². The first-order chi connectivity index (χ1) is 20.4. The molecule has 0 bridgehead atoms. The molecule has 0 aromatic heterocycles. The van der Waals surface area contributed by atoms with Gasteiger partial charge in [0.25, 0.3) is 0 Å². The largest absolute Gasteiger partial charge is 0.384 e. The second kappa shape index (κ2) is 13.1. The van der Waals surface area contributed by atoms with Crippen LogP contribution >= 0.6 is 58.0 Å². The van der Waals surface area contributed by atoms with Crippen LogP contribution in [-0.2, 0) is 11.2 Å². The fourth-order valence-electron chi connectivity index (χ4n) is 5.30. The number of nitrogens with one attached hydrogen (secondary N) is 2. The lowest BCUT2D eigenvalue weighted by atomic mass is 9.98. The molecule has 4 aromatic carbocycles. The van der Waals surface area contributed by atoms with Crippen LogP contribution in [-0.4, -0.2) is 22.6 Å². The van der Waals surface area contributed by atoms with Crippen LogP contribution in [0.4, 0.5) is 11.4 Å². The van der Waals surface area contributed by atoms with Crippen LogP contribution in [0, 0.1) is 12.8 Å². The summed E-state index contributed by atoms with van der Waals surface area (Å²) in [6.45, 7) is 4.96. The van der Waals surface area contributed by atoms with Crippen LogP contribution in [0.2, 0.25) is 15.1 Å². The summed E-state index contributed by atoms with van der Waals surface area (Å²) in [5, 5.41) is 7.48. The number of ketones is 1. The predicted molar refractivity (Wildman–Crippen MR) is 180 cm³/mol. The highest BCUT2D eigenvalue weighted by Crippen LogP contribution is 2.65. The zero-order valence-electron chi connectivity index (χ0n) is 23.4. The number of benzene rings is 4. The lowest BCUT2D eigenvalue weighted by molar-refractivity contribution is -0.117. The van der Waals surface area contributed by atoms with Gasteiger partial charge in [-0.15, -0.1) is 23.2 Å². The molecule has 1 saturated carbocycles. The maximum Gasteiger partial charge on any atom is 0.231 e. The lowest BCUT2D eigenvalue weighted by Gasteiger charge is -2.15. The summed E-state index contributed by atoms with van der Waals surface area (Å²) in [6.07, 6.45) is 0.163. The smallest absolute Gasteiger partial charge is 0.231 e. The number of Topliss-reactive ketones (excluding diaryl/α,β-unsaturated/α-hetero) is 1. The number of hydrogen-bond donors (Lipinski definition) is 2. The third-order valence-corrected chi connectivity index (χ3v) is 9.50. The first-order valence-corrected chi connectivity index (χ1v) is 15.7. The quantitative estimate of drug-likeness (QED) is 0.130. The Morgan fingerprint density at radius 3 is 2.21 bits per heavy atom. The van der Waals surface area contributed by atoms with Crippen molar-refractivity contribution in [1.82, 2.24) is 0 Å². The molecular formula is C34H29Cl5N2O2.